The van der Waals surface area contributed by atoms with Crippen LogP contribution in [0, 0.1) is 18.3 Å². The van der Waals surface area contributed by atoms with Gasteiger partial charge in [-0.1, -0.05) is 35.5 Å². The van der Waals surface area contributed by atoms with Crippen molar-refractivity contribution in [2.75, 3.05) is 5.32 Å². The van der Waals surface area contributed by atoms with Gasteiger partial charge in [0.05, 0.1) is 22.9 Å². The van der Waals surface area contributed by atoms with E-state index in [9.17, 15) is 18.0 Å². The van der Waals surface area contributed by atoms with Gasteiger partial charge >= 0.3 is 6.18 Å². The van der Waals surface area contributed by atoms with E-state index in [-0.39, 0.29) is 5.56 Å². The molecule has 3 nitrogen and oxygen atoms in total. The molecule has 1 N–H and O–H groups in total. The van der Waals surface area contributed by atoms with Gasteiger partial charge in [0.15, 0.2) is 0 Å². The molecule has 0 aliphatic carbocycles. The van der Waals surface area contributed by atoms with Crippen LogP contribution in [-0.2, 0) is 6.18 Å². The van der Waals surface area contributed by atoms with Crippen LogP contribution in [0.2, 0.25) is 0 Å². The number of benzene rings is 3. The second-order valence-electron chi connectivity index (χ2n) is 6.27. The molecule has 0 aliphatic rings. The smallest absolute Gasteiger partial charge is 0.321 e. The molecular weight excluding hydrogens is 397 g/mol. The summed E-state index contributed by atoms with van der Waals surface area (Å²) in [5, 5.41) is 11.8. The van der Waals surface area contributed by atoms with Crippen LogP contribution in [0.1, 0.15) is 27.0 Å². The predicted molar refractivity (Wildman–Crippen MR) is 106 cm³/mol. The van der Waals surface area contributed by atoms with Crippen molar-refractivity contribution in [3.63, 3.8) is 0 Å². The van der Waals surface area contributed by atoms with Gasteiger partial charge in [0.2, 0.25) is 0 Å². The summed E-state index contributed by atoms with van der Waals surface area (Å²) < 4.78 is 38.8. The number of carbonyl (C=O) groups is 1. The molecule has 0 radical (unpaired) electrons. The third kappa shape index (κ3) is 5.18. The Morgan fingerprint density at radius 1 is 1.03 bits per heavy atom. The van der Waals surface area contributed by atoms with Crippen molar-refractivity contribution in [1.29, 1.82) is 5.26 Å². The van der Waals surface area contributed by atoms with Crippen molar-refractivity contribution in [2.45, 2.75) is 22.9 Å². The summed E-state index contributed by atoms with van der Waals surface area (Å²) >= 11 is 1.38. The molecule has 29 heavy (non-hydrogen) atoms. The standard InChI is InChI=1S/C22H15F3N2OS/c1-14-5-8-18(9-6-14)29-20-10-7-15(13-26)11-19(20)27-21(28)16-3-2-4-17(12-16)22(23,24)25/h2-12H,1H3,(H,27,28). The molecule has 0 unspecified atom stereocenters. The Labute approximate surface area is 170 Å². The third-order valence-corrected chi connectivity index (χ3v) is 5.14. The minimum Gasteiger partial charge on any atom is -0.321 e. The van der Waals surface area contributed by atoms with Crippen LogP contribution in [0.15, 0.2) is 76.5 Å². The minimum atomic E-state index is -4.54. The van der Waals surface area contributed by atoms with Crippen molar-refractivity contribution in [2.24, 2.45) is 0 Å². The van der Waals surface area contributed by atoms with Gasteiger partial charge in [0.1, 0.15) is 0 Å². The first-order chi connectivity index (χ1) is 13.8. The molecule has 0 bridgehead atoms. The SMILES string of the molecule is Cc1ccc(Sc2ccc(C#N)cc2NC(=O)c2cccc(C(F)(F)F)c2)cc1. The highest BCUT2D eigenvalue weighted by Crippen LogP contribution is 2.35. The molecular formula is C22H15F3N2OS. The Morgan fingerprint density at radius 3 is 2.41 bits per heavy atom. The number of halogens is 3. The number of hydrogen-bond donors (Lipinski definition) is 1. The van der Waals surface area contributed by atoms with E-state index in [2.05, 4.69) is 5.32 Å². The zero-order valence-corrected chi connectivity index (χ0v) is 16.1. The fraction of sp³-hybridized carbons (Fsp3) is 0.0909. The van der Waals surface area contributed by atoms with E-state index >= 15 is 0 Å². The lowest BCUT2D eigenvalue weighted by Gasteiger charge is -2.13. The van der Waals surface area contributed by atoms with E-state index in [0.29, 0.717) is 16.1 Å². The number of hydrogen-bond acceptors (Lipinski definition) is 3. The van der Waals surface area contributed by atoms with Gasteiger partial charge in [-0.25, -0.2) is 0 Å². The van der Waals surface area contributed by atoms with Crippen LogP contribution in [0.3, 0.4) is 0 Å². The van der Waals surface area contributed by atoms with E-state index in [1.807, 2.05) is 37.3 Å². The first-order valence-electron chi connectivity index (χ1n) is 8.53. The number of nitrogens with zero attached hydrogens (tertiary/aromatic N) is 1. The normalized spacial score (nSPS) is 11.0. The summed E-state index contributed by atoms with van der Waals surface area (Å²) in [6.07, 6.45) is -4.54. The maximum Gasteiger partial charge on any atom is 0.416 e. The van der Waals surface area contributed by atoms with Crippen molar-refractivity contribution in [3.05, 3.63) is 89.0 Å². The first kappa shape index (κ1) is 20.5. The van der Waals surface area contributed by atoms with Gasteiger partial charge in [-0.05, 0) is 55.5 Å². The lowest BCUT2D eigenvalue weighted by Crippen LogP contribution is -2.14. The second kappa shape index (κ2) is 8.41. The number of anilines is 1. The summed E-state index contributed by atoms with van der Waals surface area (Å²) in [5.41, 5.74) is 0.778. The average molecular weight is 412 g/mol. The average Bonchev–Trinajstić information content (AvgIpc) is 2.70. The Hall–Kier alpha value is -3.24. The zero-order valence-electron chi connectivity index (χ0n) is 15.2. The molecule has 1 amide bonds. The highest BCUT2D eigenvalue weighted by Gasteiger charge is 2.31. The summed E-state index contributed by atoms with van der Waals surface area (Å²) in [4.78, 5) is 14.2. The molecule has 7 heteroatoms. The number of nitriles is 1. The first-order valence-corrected chi connectivity index (χ1v) is 9.35. The Balaban J connectivity index is 1.90. The van der Waals surface area contributed by atoms with E-state index in [0.717, 1.165) is 22.6 Å². The van der Waals surface area contributed by atoms with E-state index in [1.165, 1.54) is 30.0 Å². The highest BCUT2D eigenvalue weighted by atomic mass is 32.2. The van der Waals surface area contributed by atoms with Crippen LogP contribution < -0.4 is 5.32 Å². The summed E-state index contributed by atoms with van der Waals surface area (Å²) in [6, 6.07) is 18.8. The van der Waals surface area contributed by atoms with Gasteiger partial charge in [-0.3, -0.25) is 4.79 Å². The monoisotopic (exact) mass is 412 g/mol. The summed E-state index contributed by atoms with van der Waals surface area (Å²) in [5.74, 6) is -0.683. The van der Waals surface area contributed by atoms with Crippen LogP contribution in [-0.4, -0.2) is 5.91 Å². The number of carbonyl (C=O) groups excluding carboxylic acids is 1. The quantitative estimate of drug-likeness (QED) is 0.548. The summed E-state index contributed by atoms with van der Waals surface area (Å²) in [7, 11) is 0. The lowest BCUT2D eigenvalue weighted by atomic mass is 10.1. The van der Waals surface area contributed by atoms with E-state index in [1.54, 1.807) is 12.1 Å². The third-order valence-electron chi connectivity index (χ3n) is 4.06. The Bertz CT molecular complexity index is 1090. The Morgan fingerprint density at radius 2 is 1.76 bits per heavy atom. The minimum absolute atomic E-state index is 0.117. The second-order valence-corrected chi connectivity index (χ2v) is 7.39. The molecule has 3 aromatic carbocycles. The van der Waals surface area contributed by atoms with Crippen LogP contribution in [0.5, 0.6) is 0 Å². The van der Waals surface area contributed by atoms with Crippen LogP contribution >= 0.6 is 11.8 Å². The van der Waals surface area contributed by atoms with Gasteiger partial charge in [-0.2, -0.15) is 18.4 Å². The van der Waals surface area contributed by atoms with Crippen LogP contribution in [0.4, 0.5) is 18.9 Å². The zero-order chi connectivity index (χ0) is 21.0. The van der Waals surface area contributed by atoms with E-state index < -0.39 is 17.6 Å². The summed E-state index contributed by atoms with van der Waals surface area (Å²) in [6.45, 7) is 1.97. The molecule has 0 aromatic heterocycles. The highest BCUT2D eigenvalue weighted by molar-refractivity contribution is 7.99. The van der Waals surface area contributed by atoms with Crippen molar-refractivity contribution in [1.82, 2.24) is 0 Å². The largest absolute Gasteiger partial charge is 0.416 e. The molecule has 146 valence electrons. The van der Waals surface area contributed by atoms with Gasteiger partial charge in [0, 0.05) is 15.4 Å². The fourth-order valence-corrected chi connectivity index (χ4v) is 3.43. The van der Waals surface area contributed by atoms with Crippen molar-refractivity contribution >= 4 is 23.4 Å². The lowest BCUT2D eigenvalue weighted by molar-refractivity contribution is -0.137. The predicted octanol–water partition coefficient (Wildman–Crippen LogP) is 6.29. The maximum atomic E-state index is 12.9. The number of rotatable bonds is 4. The molecule has 3 aromatic rings. The number of aryl methyl sites for hydroxylation is 1. The fourth-order valence-electron chi connectivity index (χ4n) is 2.55. The number of amides is 1. The molecule has 0 atom stereocenters. The van der Waals surface area contributed by atoms with E-state index in [4.69, 9.17) is 5.26 Å². The number of nitrogens with one attached hydrogen (secondary N) is 1. The van der Waals surface area contributed by atoms with Crippen molar-refractivity contribution in [3.8, 4) is 6.07 Å². The molecule has 0 fully saturated rings. The van der Waals surface area contributed by atoms with Gasteiger partial charge in [-0.15, -0.1) is 0 Å². The molecule has 0 heterocycles. The molecule has 0 saturated heterocycles. The molecule has 0 spiro atoms. The van der Waals surface area contributed by atoms with Crippen molar-refractivity contribution < 1.29 is 18.0 Å². The molecule has 0 aliphatic heterocycles. The maximum absolute atomic E-state index is 12.9. The van der Waals surface area contributed by atoms with Crippen LogP contribution in [0.25, 0.3) is 0 Å². The van der Waals surface area contributed by atoms with Gasteiger partial charge < -0.3 is 5.32 Å². The molecule has 0 saturated carbocycles. The van der Waals surface area contributed by atoms with Gasteiger partial charge in [0.25, 0.3) is 5.91 Å². The molecule has 3 rings (SSSR count). The topological polar surface area (TPSA) is 52.9 Å². The Kier molecular flexibility index (Phi) is 5.95. The number of alkyl halides is 3.